The highest BCUT2D eigenvalue weighted by Gasteiger charge is 2.33. The van der Waals surface area contributed by atoms with E-state index < -0.39 is 0 Å². The third-order valence-corrected chi connectivity index (χ3v) is 6.71. The van der Waals surface area contributed by atoms with Crippen molar-refractivity contribution in [2.45, 2.75) is 79.4 Å². The lowest BCUT2D eigenvalue weighted by molar-refractivity contribution is 0.316. The van der Waals surface area contributed by atoms with Crippen LogP contribution < -0.4 is 0 Å². The molecule has 2 heteroatoms. The van der Waals surface area contributed by atoms with Crippen LogP contribution in [0.1, 0.15) is 74.7 Å². The van der Waals surface area contributed by atoms with Gasteiger partial charge in [-0.2, -0.15) is 24.4 Å². The zero-order valence-corrected chi connectivity index (χ0v) is 16.2. The number of hydrogen-bond donors (Lipinski definition) is 1. The Morgan fingerprint density at radius 3 is 1.89 bits per heavy atom. The van der Waals surface area contributed by atoms with Crippen molar-refractivity contribution >= 4 is 24.4 Å². The minimum atomic E-state index is 0.336. The van der Waals surface area contributed by atoms with Gasteiger partial charge in [-0.3, -0.25) is 0 Å². The van der Waals surface area contributed by atoms with E-state index in [-0.39, 0.29) is 0 Å². The first kappa shape index (κ1) is 19.7. The van der Waals surface area contributed by atoms with E-state index in [0.29, 0.717) is 15.6 Å². The fraction of sp³-hybridized carbons (Fsp3) is 1.00. The molecule has 1 atom stereocenters. The van der Waals surface area contributed by atoms with E-state index in [1.165, 1.54) is 25.0 Å². The molecule has 0 radical (unpaired) electrons. The molecule has 0 heterocycles. The third kappa shape index (κ3) is 8.55. The average molecular weight is 305 g/mol. The van der Waals surface area contributed by atoms with Crippen LogP contribution in [-0.2, 0) is 0 Å². The Hall–Kier alpha value is 0.700. The Morgan fingerprint density at radius 2 is 1.53 bits per heavy atom. The number of thioether (sulfide) groups is 1. The molecule has 0 spiro atoms. The number of hydrogen-bond acceptors (Lipinski definition) is 2. The summed E-state index contributed by atoms with van der Waals surface area (Å²) >= 11 is 6.69. The Labute approximate surface area is 132 Å². The van der Waals surface area contributed by atoms with Crippen molar-refractivity contribution in [1.82, 2.24) is 0 Å². The van der Waals surface area contributed by atoms with Crippen LogP contribution in [0.4, 0.5) is 0 Å². The molecule has 0 saturated heterocycles. The predicted octanol–water partition coefficient (Wildman–Crippen LogP) is 6.31. The maximum atomic E-state index is 4.51. The smallest absolute Gasteiger partial charge is 0.0134 e. The van der Waals surface area contributed by atoms with Gasteiger partial charge in [-0.05, 0) is 47.5 Å². The van der Waals surface area contributed by atoms with Crippen molar-refractivity contribution < 1.29 is 0 Å². The maximum absolute atomic E-state index is 4.51. The van der Waals surface area contributed by atoms with E-state index in [0.717, 1.165) is 11.7 Å². The highest BCUT2D eigenvalue weighted by molar-refractivity contribution is 8.00. The van der Waals surface area contributed by atoms with E-state index >= 15 is 0 Å². The van der Waals surface area contributed by atoms with Crippen molar-refractivity contribution in [2.75, 3.05) is 11.5 Å². The van der Waals surface area contributed by atoms with Crippen LogP contribution in [0, 0.1) is 16.7 Å². The Morgan fingerprint density at radius 1 is 1.00 bits per heavy atom. The van der Waals surface area contributed by atoms with Crippen LogP contribution in [0.5, 0.6) is 0 Å². The largest absolute Gasteiger partial charge is 0.179 e. The number of rotatable bonds is 9. The van der Waals surface area contributed by atoms with Crippen molar-refractivity contribution in [3.8, 4) is 0 Å². The molecule has 0 fully saturated rings. The molecule has 0 saturated carbocycles. The van der Waals surface area contributed by atoms with Gasteiger partial charge in [0.1, 0.15) is 0 Å². The molecule has 0 aliphatic rings. The minimum Gasteiger partial charge on any atom is -0.179 e. The van der Waals surface area contributed by atoms with Crippen LogP contribution in [0.3, 0.4) is 0 Å². The van der Waals surface area contributed by atoms with Crippen LogP contribution in [0.2, 0.25) is 0 Å². The summed E-state index contributed by atoms with van der Waals surface area (Å²) in [4.78, 5) is 0. The first-order valence-electron chi connectivity index (χ1n) is 7.70. The van der Waals surface area contributed by atoms with Crippen molar-refractivity contribution in [2.24, 2.45) is 16.7 Å². The van der Waals surface area contributed by atoms with Gasteiger partial charge < -0.3 is 0 Å². The van der Waals surface area contributed by atoms with E-state index in [2.05, 4.69) is 79.8 Å². The van der Waals surface area contributed by atoms with Gasteiger partial charge in [0.2, 0.25) is 0 Å². The molecule has 0 amide bonds. The molecule has 0 nitrogen and oxygen atoms in total. The van der Waals surface area contributed by atoms with Gasteiger partial charge in [0, 0.05) is 4.75 Å². The maximum Gasteiger partial charge on any atom is 0.0134 e. The molecule has 116 valence electrons. The summed E-state index contributed by atoms with van der Waals surface area (Å²) in [5.74, 6) is 3.02. The van der Waals surface area contributed by atoms with Gasteiger partial charge in [0.25, 0.3) is 0 Å². The standard InChI is InChI=1S/C17H36S2/c1-9-17(8,11-16(6,7)12-18)19-13-15(4,5)10-14(2)3/h14,18H,9-13H2,1-8H3. The van der Waals surface area contributed by atoms with E-state index in [1.807, 2.05) is 0 Å². The molecule has 0 aliphatic carbocycles. The second kappa shape index (κ2) is 7.64. The minimum absolute atomic E-state index is 0.336. The highest BCUT2D eigenvalue weighted by atomic mass is 32.2. The van der Waals surface area contributed by atoms with E-state index in [4.69, 9.17) is 0 Å². The molecule has 0 bridgehead atoms. The van der Waals surface area contributed by atoms with Gasteiger partial charge in [0.05, 0.1) is 0 Å². The normalized spacial score (nSPS) is 16.7. The Balaban J connectivity index is 4.55. The third-order valence-electron chi connectivity index (χ3n) is 3.80. The molecule has 0 aromatic heterocycles. The SMILES string of the molecule is CCC(C)(CC(C)(C)CS)SCC(C)(C)CC(C)C. The fourth-order valence-corrected chi connectivity index (χ4v) is 4.55. The van der Waals surface area contributed by atoms with Crippen molar-refractivity contribution in [3.63, 3.8) is 0 Å². The van der Waals surface area contributed by atoms with Crippen LogP contribution >= 0.6 is 24.4 Å². The monoisotopic (exact) mass is 304 g/mol. The molecule has 0 N–H and O–H groups in total. The van der Waals surface area contributed by atoms with Gasteiger partial charge in [-0.25, -0.2) is 0 Å². The zero-order valence-electron chi connectivity index (χ0n) is 14.5. The second-order valence-electron chi connectivity index (χ2n) is 8.35. The molecule has 0 aliphatic heterocycles. The summed E-state index contributed by atoms with van der Waals surface area (Å²) in [6.07, 6.45) is 3.81. The predicted molar refractivity (Wildman–Crippen MR) is 96.6 cm³/mol. The lowest BCUT2D eigenvalue weighted by atomic mass is 9.83. The summed E-state index contributed by atoms with van der Waals surface area (Å²) in [7, 11) is 0. The zero-order chi connectivity index (χ0) is 15.3. The van der Waals surface area contributed by atoms with Gasteiger partial charge in [-0.1, -0.05) is 55.4 Å². The fourth-order valence-electron chi connectivity index (χ4n) is 2.88. The first-order chi connectivity index (χ1) is 8.45. The number of thiol groups is 1. The summed E-state index contributed by atoms with van der Waals surface area (Å²) in [6.45, 7) is 18.9. The quantitative estimate of drug-likeness (QED) is 0.487. The van der Waals surface area contributed by atoms with Gasteiger partial charge >= 0.3 is 0 Å². The topological polar surface area (TPSA) is 0 Å². The highest BCUT2D eigenvalue weighted by Crippen LogP contribution is 2.43. The van der Waals surface area contributed by atoms with Gasteiger partial charge in [0.15, 0.2) is 0 Å². The molecule has 0 aromatic carbocycles. The first-order valence-corrected chi connectivity index (χ1v) is 9.32. The van der Waals surface area contributed by atoms with Crippen LogP contribution in [0.15, 0.2) is 0 Å². The molecular weight excluding hydrogens is 268 g/mol. The lowest BCUT2D eigenvalue weighted by Crippen LogP contribution is -2.31. The second-order valence-corrected chi connectivity index (χ2v) is 10.2. The molecule has 0 rings (SSSR count). The molecule has 1 unspecified atom stereocenters. The van der Waals surface area contributed by atoms with E-state index in [9.17, 15) is 0 Å². The van der Waals surface area contributed by atoms with Crippen LogP contribution in [0.25, 0.3) is 0 Å². The Kier molecular flexibility index (Phi) is 7.92. The summed E-state index contributed by atoms with van der Waals surface area (Å²) in [5.41, 5.74) is 0.781. The lowest BCUT2D eigenvalue weighted by Gasteiger charge is -2.38. The summed E-state index contributed by atoms with van der Waals surface area (Å²) in [6, 6.07) is 0. The summed E-state index contributed by atoms with van der Waals surface area (Å²) in [5, 5.41) is 0. The van der Waals surface area contributed by atoms with Gasteiger partial charge in [-0.15, -0.1) is 0 Å². The molecule has 19 heavy (non-hydrogen) atoms. The van der Waals surface area contributed by atoms with Crippen molar-refractivity contribution in [1.29, 1.82) is 0 Å². The average Bonchev–Trinajstić information content (AvgIpc) is 2.25. The van der Waals surface area contributed by atoms with Crippen molar-refractivity contribution in [3.05, 3.63) is 0 Å². The summed E-state index contributed by atoms with van der Waals surface area (Å²) < 4.78 is 0.389. The molecular formula is C17H36S2. The van der Waals surface area contributed by atoms with E-state index in [1.54, 1.807) is 0 Å². The molecule has 0 aromatic rings. The Bertz CT molecular complexity index is 256. The van der Waals surface area contributed by atoms with Crippen LogP contribution in [-0.4, -0.2) is 16.3 Å².